The Morgan fingerprint density at radius 1 is 1.24 bits per heavy atom. The molecule has 5 nitrogen and oxygen atoms in total. The van der Waals surface area contributed by atoms with Gasteiger partial charge in [-0.1, -0.05) is 24.3 Å². The molecular weight excluding hydrogens is 288 g/mol. The molecule has 1 saturated heterocycles. The van der Waals surface area contributed by atoms with E-state index in [-0.39, 0.29) is 12.5 Å². The van der Waals surface area contributed by atoms with Crippen molar-refractivity contribution in [1.29, 1.82) is 0 Å². The second kappa shape index (κ2) is 7.93. The zero-order valence-corrected chi connectivity index (χ0v) is 12.6. The molecule has 2 rings (SSSR count). The molecule has 1 unspecified atom stereocenters. The van der Waals surface area contributed by atoms with Gasteiger partial charge in [-0.3, -0.25) is 4.79 Å². The number of amides is 2. The average Bonchev–Trinajstić information content (AvgIpc) is 2.97. The van der Waals surface area contributed by atoms with Crippen LogP contribution in [0.15, 0.2) is 24.3 Å². The minimum absolute atomic E-state index is 0.0290. The summed E-state index contributed by atoms with van der Waals surface area (Å²) in [6.07, 6.45) is 1.13. The van der Waals surface area contributed by atoms with Gasteiger partial charge in [0.15, 0.2) is 0 Å². The normalized spacial score (nSPS) is 17.4. The summed E-state index contributed by atoms with van der Waals surface area (Å²) in [7, 11) is 0. The smallest absolute Gasteiger partial charge is 0.315 e. The number of urea groups is 1. The molecule has 1 aromatic rings. The first-order valence-corrected chi connectivity index (χ1v) is 8.18. The van der Waals surface area contributed by atoms with Crippen molar-refractivity contribution in [2.24, 2.45) is 5.92 Å². The standard InChI is InChI=1S/C15H20N2O3S/c18-14(19)7-12-3-1-2-4-13(12)9-17-15(20)16-8-11-5-6-21-10-11/h1-4,11H,5-10H2,(H,18,19)(H2,16,17,20). The summed E-state index contributed by atoms with van der Waals surface area (Å²) >= 11 is 1.92. The maximum Gasteiger partial charge on any atom is 0.315 e. The van der Waals surface area contributed by atoms with E-state index in [4.69, 9.17) is 5.11 Å². The van der Waals surface area contributed by atoms with Gasteiger partial charge in [-0.25, -0.2) is 4.79 Å². The number of hydrogen-bond donors (Lipinski definition) is 3. The highest BCUT2D eigenvalue weighted by atomic mass is 32.2. The van der Waals surface area contributed by atoms with Gasteiger partial charge in [0, 0.05) is 13.1 Å². The lowest BCUT2D eigenvalue weighted by atomic mass is 10.0. The highest BCUT2D eigenvalue weighted by Gasteiger charge is 2.16. The summed E-state index contributed by atoms with van der Waals surface area (Å²) in [4.78, 5) is 22.6. The number of aliphatic carboxylic acids is 1. The maximum absolute atomic E-state index is 11.8. The van der Waals surface area contributed by atoms with Crippen molar-refractivity contribution in [2.75, 3.05) is 18.1 Å². The Kier molecular flexibility index (Phi) is 5.92. The molecule has 1 aromatic carbocycles. The van der Waals surface area contributed by atoms with E-state index in [9.17, 15) is 9.59 Å². The number of thioether (sulfide) groups is 1. The molecule has 2 amide bonds. The van der Waals surface area contributed by atoms with E-state index in [0.29, 0.717) is 19.0 Å². The Bertz CT molecular complexity index is 501. The van der Waals surface area contributed by atoms with Gasteiger partial charge in [-0.05, 0) is 35.0 Å². The van der Waals surface area contributed by atoms with Gasteiger partial charge in [0.1, 0.15) is 0 Å². The predicted molar refractivity (Wildman–Crippen MR) is 83.5 cm³/mol. The molecule has 1 aliphatic heterocycles. The molecule has 6 heteroatoms. The van der Waals surface area contributed by atoms with Crippen LogP contribution in [-0.4, -0.2) is 35.2 Å². The molecule has 3 N–H and O–H groups in total. The van der Waals surface area contributed by atoms with Crippen LogP contribution in [0.2, 0.25) is 0 Å². The summed E-state index contributed by atoms with van der Waals surface area (Å²) in [5.74, 6) is 1.99. The van der Waals surface area contributed by atoms with E-state index in [1.165, 1.54) is 5.75 Å². The van der Waals surface area contributed by atoms with Crippen molar-refractivity contribution in [1.82, 2.24) is 10.6 Å². The number of hydrogen-bond acceptors (Lipinski definition) is 3. The third-order valence-electron chi connectivity index (χ3n) is 3.47. The lowest BCUT2D eigenvalue weighted by molar-refractivity contribution is -0.136. The largest absolute Gasteiger partial charge is 0.481 e. The lowest BCUT2D eigenvalue weighted by Gasteiger charge is -2.12. The number of carbonyl (C=O) groups excluding carboxylic acids is 1. The minimum Gasteiger partial charge on any atom is -0.481 e. The first-order valence-electron chi connectivity index (χ1n) is 7.03. The molecule has 114 valence electrons. The minimum atomic E-state index is -0.870. The topological polar surface area (TPSA) is 78.4 Å². The van der Waals surface area contributed by atoms with Crippen molar-refractivity contribution in [3.8, 4) is 0 Å². The first-order chi connectivity index (χ1) is 10.1. The van der Waals surface area contributed by atoms with Gasteiger partial charge in [0.05, 0.1) is 6.42 Å². The number of benzene rings is 1. The molecule has 0 aliphatic carbocycles. The van der Waals surface area contributed by atoms with Crippen molar-refractivity contribution in [2.45, 2.75) is 19.4 Å². The molecule has 1 atom stereocenters. The van der Waals surface area contributed by atoms with Crippen LogP contribution in [0, 0.1) is 5.92 Å². The second-order valence-electron chi connectivity index (χ2n) is 5.13. The molecule has 0 bridgehead atoms. The quantitative estimate of drug-likeness (QED) is 0.749. The Labute approximate surface area is 128 Å². The fraction of sp³-hybridized carbons (Fsp3) is 0.467. The summed E-state index contributed by atoms with van der Waals surface area (Å²) in [6.45, 7) is 1.05. The maximum atomic E-state index is 11.8. The van der Waals surface area contributed by atoms with Crippen LogP contribution in [0.5, 0.6) is 0 Å². The number of carboxylic acids is 1. The second-order valence-corrected chi connectivity index (χ2v) is 6.28. The van der Waals surface area contributed by atoms with Crippen molar-refractivity contribution >= 4 is 23.8 Å². The molecule has 0 radical (unpaired) electrons. The van der Waals surface area contributed by atoms with Gasteiger partial charge in [0.2, 0.25) is 0 Å². The molecule has 1 fully saturated rings. The van der Waals surface area contributed by atoms with Gasteiger partial charge in [0.25, 0.3) is 0 Å². The van der Waals surface area contributed by atoms with Crippen LogP contribution in [0.25, 0.3) is 0 Å². The highest BCUT2D eigenvalue weighted by Crippen LogP contribution is 2.22. The number of carboxylic acid groups (broad SMARTS) is 1. The molecule has 0 aromatic heterocycles. The molecule has 21 heavy (non-hydrogen) atoms. The van der Waals surface area contributed by atoms with E-state index in [0.717, 1.165) is 23.3 Å². The summed E-state index contributed by atoms with van der Waals surface area (Å²) in [5.41, 5.74) is 1.57. The molecule has 1 heterocycles. The van der Waals surface area contributed by atoms with Gasteiger partial charge in [-0.2, -0.15) is 11.8 Å². The number of rotatable bonds is 6. The predicted octanol–water partition coefficient (Wildman–Crippen LogP) is 1.87. The molecule has 0 spiro atoms. The Hall–Kier alpha value is -1.69. The summed E-state index contributed by atoms with van der Waals surface area (Å²) < 4.78 is 0. The third kappa shape index (κ3) is 5.30. The number of nitrogens with one attached hydrogen (secondary N) is 2. The van der Waals surface area contributed by atoms with Gasteiger partial charge >= 0.3 is 12.0 Å². The van der Waals surface area contributed by atoms with Gasteiger partial charge < -0.3 is 15.7 Å². The van der Waals surface area contributed by atoms with Crippen molar-refractivity contribution in [3.05, 3.63) is 35.4 Å². The molecular formula is C15H20N2O3S. The van der Waals surface area contributed by atoms with Crippen LogP contribution >= 0.6 is 11.8 Å². The SMILES string of the molecule is O=C(O)Cc1ccccc1CNC(=O)NCC1CCSC1. The Morgan fingerprint density at radius 2 is 2.00 bits per heavy atom. The number of carbonyl (C=O) groups is 2. The monoisotopic (exact) mass is 308 g/mol. The van der Waals surface area contributed by atoms with E-state index in [1.807, 2.05) is 23.9 Å². The van der Waals surface area contributed by atoms with E-state index < -0.39 is 5.97 Å². The van der Waals surface area contributed by atoms with Gasteiger partial charge in [-0.15, -0.1) is 0 Å². The van der Waals surface area contributed by atoms with Crippen LogP contribution in [0.4, 0.5) is 4.79 Å². The Balaban J connectivity index is 1.79. The fourth-order valence-corrected chi connectivity index (χ4v) is 3.57. The average molecular weight is 308 g/mol. The first kappa shape index (κ1) is 15.7. The van der Waals surface area contributed by atoms with Crippen LogP contribution in [0.1, 0.15) is 17.5 Å². The fourth-order valence-electron chi connectivity index (χ4n) is 2.28. The summed E-state index contributed by atoms with van der Waals surface area (Å²) in [5, 5.41) is 14.5. The van der Waals surface area contributed by atoms with Crippen molar-refractivity contribution in [3.63, 3.8) is 0 Å². The lowest BCUT2D eigenvalue weighted by Crippen LogP contribution is -2.38. The highest BCUT2D eigenvalue weighted by molar-refractivity contribution is 7.99. The molecule has 0 saturated carbocycles. The third-order valence-corrected chi connectivity index (χ3v) is 4.71. The zero-order valence-electron chi connectivity index (χ0n) is 11.8. The zero-order chi connectivity index (χ0) is 15.1. The van der Waals surface area contributed by atoms with E-state index >= 15 is 0 Å². The summed E-state index contributed by atoms with van der Waals surface area (Å²) in [6, 6.07) is 7.07. The van der Waals surface area contributed by atoms with Crippen molar-refractivity contribution < 1.29 is 14.7 Å². The molecule has 1 aliphatic rings. The Morgan fingerprint density at radius 3 is 2.67 bits per heavy atom. The van der Waals surface area contributed by atoms with Crippen LogP contribution in [0.3, 0.4) is 0 Å². The van der Waals surface area contributed by atoms with Crippen LogP contribution < -0.4 is 10.6 Å². The van der Waals surface area contributed by atoms with E-state index in [1.54, 1.807) is 12.1 Å². The van der Waals surface area contributed by atoms with Crippen LogP contribution in [-0.2, 0) is 17.8 Å². The van der Waals surface area contributed by atoms with E-state index in [2.05, 4.69) is 10.6 Å².